The first-order valence-corrected chi connectivity index (χ1v) is 7.95. The summed E-state index contributed by atoms with van der Waals surface area (Å²) >= 11 is 1.66. The van der Waals surface area contributed by atoms with E-state index in [1.54, 1.807) is 17.5 Å². The first-order chi connectivity index (χ1) is 10.2. The minimum absolute atomic E-state index is 0.180. The topological polar surface area (TPSA) is 63.8 Å². The maximum Gasteiger partial charge on any atom is 0.231 e. The van der Waals surface area contributed by atoms with Crippen molar-refractivity contribution in [2.24, 2.45) is 0 Å². The van der Waals surface area contributed by atoms with Crippen LogP contribution in [0.3, 0.4) is 0 Å². The highest BCUT2D eigenvalue weighted by molar-refractivity contribution is 7.17. The highest BCUT2D eigenvalue weighted by Crippen LogP contribution is 2.26. The van der Waals surface area contributed by atoms with Gasteiger partial charge in [-0.3, -0.25) is 4.98 Å². The SMILES string of the molecule is CCC(NC)C(C)c1nc(-c2cnc3ccsc3c2)no1. The van der Waals surface area contributed by atoms with Gasteiger partial charge < -0.3 is 9.84 Å². The van der Waals surface area contributed by atoms with Crippen LogP contribution in [-0.2, 0) is 0 Å². The van der Waals surface area contributed by atoms with Crippen LogP contribution in [0.1, 0.15) is 32.1 Å². The van der Waals surface area contributed by atoms with Crippen LogP contribution in [0.25, 0.3) is 21.6 Å². The Morgan fingerprint density at radius 2 is 2.29 bits per heavy atom. The van der Waals surface area contributed by atoms with E-state index in [0.29, 0.717) is 17.8 Å². The van der Waals surface area contributed by atoms with Gasteiger partial charge in [-0.15, -0.1) is 11.3 Å². The zero-order valence-corrected chi connectivity index (χ0v) is 13.1. The number of rotatable bonds is 5. The molecule has 5 nitrogen and oxygen atoms in total. The van der Waals surface area contributed by atoms with Crippen molar-refractivity contribution in [2.75, 3.05) is 7.05 Å². The van der Waals surface area contributed by atoms with Gasteiger partial charge in [0.05, 0.1) is 16.1 Å². The fraction of sp³-hybridized carbons (Fsp3) is 0.400. The number of hydrogen-bond acceptors (Lipinski definition) is 6. The summed E-state index contributed by atoms with van der Waals surface area (Å²) in [4.78, 5) is 8.95. The average molecular weight is 302 g/mol. The second kappa shape index (κ2) is 5.91. The number of nitrogens with one attached hydrogen (secondary N) is 1. The van der Waals surface area contributed by atoms with Gasteiger partial charge in [-0.1, -0.05) is 19.0 Å². The molecule has 3 heterocycles. The van der Waals surface area contributed by atoms with Crippen LogP contribution >= 0.6 is 11.3 Å². The third-order valence-electron chi connectivity index (χ3n) is 3.81. The van der Waals surface area contributed by atoms with Crippen LogP contribution in [0.5, 0.6) is 0 Å². The van der Waals surface area contributed by atoms with E-state index in [-0.39, 0.29) is 5.92 Å². The molecule has 21 heavy (non-hydrogen) atoms. The van der Waals surface area contributed by atoms with Crippen molar-refractivity contribution >= 4 is 21.6 Å². The van der Waals surface area contributed by atoms with Crippen molar-refractivity contribution in [3.05, 3.63) is 29.6 Å². The van der Waals surface area contributed by atoms with Crippen LogP contribution in [-0.4, -0.2) is 28.2 Å². The fourth-order valence-electron chi connectivity index (χ4n) is 2.49. The third kappa shape index (κ3) is 2.69. The molecule has 2 unspecified atom stereocenters. The largest absolute Gasteiger partial charge is 0.339 e. The van der Waals surface area contributed by atoms with Crippen molar-refractivity contribution in [1.29, 1.82) is 0 Å². The van der Waals surface area contributed by atoms with Crippen molar-refractivity contribution in [3.63, 3.8) is 0 Å². The zero-order chi connectivity index (χ0) is 14.8. The van der Waals surface area contributed by atoms with Gasteiger partial charge in [-0.05, 0) is 31.0 Å². The number of thiophene rings is 1. The second-order valence-electron chi connectivity index (χ2n) is 5.08. The molecule has 1 N–H and O–H groups in total. The van der Waals surface area contributed by atoms with E-state index in [2.05, 4.69) is 40.4 Å². The molecule has 0 radical (unpaired) electrons. The van der Waals surface area contributed by atoms with Gasteiger partial charge in [0.1, 0.15) is 0 Å². The van der Waals surface area contributed by atoms with Gasteiger partial charge in [0.15, 0.2) is 0 Å². The molecular weight excluding hydrogens is 284 g/mol. The summed E-state index contributed by atoms with van der Waals surface area (Å²) in [5, 5.41) is 9.41. The lowest BCUT2D eigenvalue weighted by Crippen LogP contribution is -2.30. The Morgan fingerprint density at radius 3 is 3.05 bits per heavy atom. The molecular formula is C15H18N4OS. The van der Waals surface area contributed by atoms with Gasteiger partial charge in [0.25, 0.3) is 0 Å². The Hall–Kier alpha value is -1.79. The quantitative estimate of drug-likeness (QED) is 0.782. The Balaban J connectivity index is 1.90. The van der Waals surface area contributed by atoms with Crippen LogP contribution in [0.4, 0.5) is 0 Å². The monoisotopic (exact) mass is 302 g/mol. The first-order valence-electron chi connectivity index (χ1n) is 7.07. The summed E-state index contributed by atoms with van der Waals surface area (Å²) < 4.78 is 6.57. The van der Waals surface area contributed by atoms with Crippen LogP contribution in [0.15, 0.2) is 28.2 Å². The molecule has 3 aromatic rings. The number of hydrogen-bond donors (Lipinski definition) is 1. The molecule has 0 aliphatic rings. The molecule has 6 heteroatoms. The van der Waals surface area contributed by atoms with Crippen molar-refractivity contribution in [1.82, 2.24) is 20.4 Å². The summed E-state index contributed by atoms with van der Waals surface area (Å²) in [6.07, 6.45) is 2.81. The Labute approximate surface area is 127 Å². The van der Waals surface area contributed by atoms with E-state index < -0.39 is 0 Å². The summed E-state index contributed by atoms with van der Waals surface area (Å²) in [5.41, 5.74) is 1.90. The summed E-state index contributed by atoms with van der Waals surface area (Å²) in [7, 11) is 1.95. The number of aromatic nitrogens is 3. The normalized spacial score (nSPS) is 14.4. The summed E-state index contributed by atoms with van der Waals surface area (Å²) in [6, 6.07) is 4.39. The lowest BCUT2D eigenvalue weighted by Gasteiger charge is -2.18. The molecule has 0 fully saturated rings. The average Bonchev–Trinajstić information content (AvgIpc) is 3.16. The summed E-state index contributed by atoms with van der Waals surface area (Å²) in [5.74, 6) is 1.45. The first kappa shape index (κ1) is 14.2. The highest BCUT2D eigenvalue weighted by atomic mass is 32.1. The molecule has 3 rings (SSSR count). The minimum atomic E-state index is 0.180. The minimum Gasteiger partial charge on any atom is -0.339 e. The zero-order valence-electron chi connectivity index (χ0n) is 12.3. The van der Waals surface area contributed by atoms with Gasteiger partial charge in [0, 0.05) is 17.8 Å². The number of likely N-dealkylation sites (N-methyl/N-ethyl adjacent to an activating group) is 1. The molecule has 0 aromatic carbocycles. The van der Waals surface area contributed by atoms with Crippen molar-refractivity contribution in [2.45, 2.75) is 32.2 Å². The van der Waals surface area contributed by atoms with Crippen LogP contribution in [0, 0.1) is 0 Å². The molecule has 0 aliphatic carbocycles. The number of fused-ring (bicyclic) bond motifs is 1. The number of nitrogens with zero attached hydrogens (tertiary/aromatic N) is 3. The molecule has 0 aliphatic heterocycles. The summed E-state index contributed by atoms with van der Waals surface area (Å²) in [6.45, 7) is 4.24. The maximum absolute atomic E-state index is 5.43. The van der Waals surface area contributed by atoms with Gasteiger partial charge in [-0.25, -0.2) is 0 Å². The second-order valence-corrected chi connectivity index (χ2v) is 6.02. The van der Waals surface area contributed by atoms with Gasteiger partial charge in [0.2, 0.25) is 11.7 Å². The third-order valence-corrected chi connectivity index (χ3v) is 4.66. The molecule has 0 saturated carbocycles. The van der Waals surface area contributed by atoms with E-state index >= 15 is 0 Å². The van der Waals surface area contributed by atoms with Crippen molar-refractivity contribution < 1.29 is 4.52 Å². The van der Waals surface area contributed by atoms with E-state index in [9.17, 15) is 0 Å². The van der Waals surface area contributed by atoms with Crippen molar-refractivity contribution in [3.8, 4) is 11.4 Å². The molecule has 2 atom stereocenters. The lowest BCUT2D eigenvalue weighted by atomic mass is 10.00. The Morgan fingerprint density at radius 1 is 1.43 bits per heavy atom. The molecule has 0 amide bonds. The van der Waals surface area contributed by atoms with E-state index in [4.69, 9.17) is 4.52 Å². The smallest absolute Gasteiger partial charge is 0.231 e. The molecule has 110 valence electrons. The fourth-order valence-corrected chi connectivity index (χ4v) is 3.27. The van der Waals surface area contributed by atoms with E-state index in [1.165, 1.54) is 0 Å². The lowest BCUT2D eigenvalue weighted by molar-refractivity contribution is 0.326. The highest BCUT2D eigenvalue weighted by Gasteiger charge is 2.22. The van der Waals surface area contributed by atoms with Crippen LogP contribution < -0.4 is 5.32 Å². The Bertz CT molecular complexity index is 732. The van der Waals surface area contributed by atoms with Gasteiger partial charge >= 0.3 is 0 Å². The molecule has 0 saturated heterocycles. The standard InChI is InChI=1S/C15H18N4OS/c1-4-11(16-3)9(2)15-18-14(19-20-15)10-7-13-12(17-8-10)5-6-21-13/h5-9,11,16H,4H2,1-3H3. The molecule has 0 bridgehead atoms. The van der Waals surface area contributed by atoms with Crippen LogP contribution in [0.2, 0.25) is 0 Å². The number of pyridine rings is 1. The van der Waals surface area contributed by atoms with Gasteiger partial charge in [-0.2, -0.15) is 4.98 Å². The predicted molar refractivity (Wildman–Crippen MR) is 84.5 cm³/mol. The molecule has 3 aromatic heterocycles. The predicted octanol–water partition coefficient (Wildman–Crippen LogP) is 3.45. The molecule has 0 spiro atoms. The maximum atomic E-state index is 5.43. The Kier molecular flexibility index (Phi) is 3.98. The van der Waals surface area contributed by atoms with E-state index in [1.807, 2.05) is 18.5 Å². The van der Waals surface area contributed by atoms with E-state index in [0.717, 1.165) is 22.2 Å².